The first-order valence-corrected chi connectivity index (χ1v) is 8.38. The minimum atomic E-state index is -0.397. The first-order valence-electron chi connectivity index (χ1n) is 8.38. The van der Waals surface area contributed by atoms with E-state index in [-0.39, 0.29) is 6.73 Å². The van der Waals surface area contributed by atoms with Crippen molar-refractivity contribution in [1.29, 1.82) is 0 Å². The monoisotopic (exact) mass is 360 g/mol. The number of carbonyl (C=O) groups excluding carboxylic acids is 1. The van der Waals surface area contributed by atoms with Gasteiger partial charge in [-0.3, -0.25) is 0 Å². The minimum absolute atomic E-state index is 0.00154. The molecule has 2 aromatic rings. The van der Waals surface area contributed by atoms with Crippen molar-refractivity contribution in [1.82, 2.24) is 5.32 Å². The zero-order valence-electron chi connectivity index (χ0n) is 15.2. The highest BCUT2D eigenvalue weighted by Crippen LogP contribution is 2.30. The highest BCUT2D eigenvalue weighted by molar-refractivity contribution is 5.89. The molecule has 0 saturated carbocycles. The Kier molecular flexibility index (Phi) is 7.42. The summed E-state index contributed by atoms with van der Waals surface area (Å²) >= 11 is 0. The number of hydrogen-bond donors (Lipinski definition) is 2. The molecule has 0 bridgehead atoms. The fraction of sp³-hybridized carbons (Fsp3) is 0.316. The van der Waals surface area contributed by atoms with Gasteiger partial charge in [0.05, 0.1) is 20.3 Å². The van der Waals surface area contributed by atoms with E-state index >= 15 is 0 Å². The second kappa shape index (κ2) is 10.0. The van der Waals surface area contributed by atoms with Crippen LogP contribution in [0, 0.1) is 0 Å². The SMILES string of the molecule is CCOc1ccc(NC(=O)NCOc2ccccc2OC)cc1OCC. The Hall–Kier alpha value is -3.09. The molecule has 0 heterocycles. The summed E-state index contributed by atoms with van der Waals surface area (Å²) in [5.41, 5.74) is 0.590. The third-order valence-corrected chi connectivity index (χ3v) is 3.33. The number of rotatable bonds is 9. The predicted molar refractivity (Wildman–Crippen MR) is 99.4 cm³/mol. The highest BCUT2D eigenvalue weighted by atomic mass is 16.5. The Morgan fingerprint density at radius 1 is 0.885 bits per heavy atom. The molecule has 2 amide bonds. The van der Waals surface area contributed by atoms with Crippen molar-refractivity contribution in [3.8, 4) is 23.0 Å². The van der Waals surface area contributed by atoms with E-state index in [9.17, 15) is 4.79 Å². The zero-order valence-corrected chi connectivity index (χ0v) is 15.2. The van der Waals surface area contributed by atoms with Crippen molar-refractivity contribution in [3.63, 3.8) is 0 Å². The largest absolute Gasteiger partial charge is 0.493 e. The van der Waals surface area contributed by atoms with Crippen LogP contribution in [0.1, 0.15) is 13.8 Å². The van der Waals surface area contributed by atoms with E-state index in [1.54, 1.807) is 37.4 Å². The van der Waals surface area contributed by atoms with E-state index in [0.717, 1.165) is 0 Å². The average molecular weight is 360 g/mol. The highest BCUT2D eigenvalue weighted by Gasteiger charge is 2.09. The average Bonchev–Trinajstić information content (AvgIpc) is 2.64. The molecule has 0 aromatic heterocycles. The van der Waals surface area contributed by atoms with Crippen LogP contribution < -0.4 is 29.6 Å². The molecule has 0 aliphatic rings. The summed E-state index contributed by atoms with van der Waals surface area (Å²) in [5.74, 6) is 2.37. The maximum Gasteiger partial charge on any atom is 0.321 e. The van der Waals surface area contributed by atoms with Gasteiger partial charge in [-0.1, -0.05) is 12.1 Å². The molecular formula is C19H24N2O5. The van der Waals surface area contributed by atoms with Crippen LogP contribution in [-0.4, -0.2) is 33.1 Å². The van der Waals surface area contributed by atoms with Crippen LogP contribution in [0.3, 0.4) is 0 Å². The molecule has 0 atom stereocenters. The van der Waals surface area contributed by atoms with Crippen LogP contribution >= 0.6 is 0 Å². The van der Waals surface area contributed by atoms with Crippen LogP contribution in [0.25, 0.3) is 0 Å². The lowest BCUT2D eigenvalue weighted by Gasteiger charge is -2.14. The van der Waals surface area contributed by atoms with Crippen LogP contribution in [0.2, 0.25) is 0 Å². The number of carbonyl (C=O) groups is 1. The maximum atomic E-state index is 12.0. The van der Waals surface area contributed by atoms with Crippen molar-refractivity contribution in [2.45, 2.75) is 13.8 Å². The summed E-state index contributed by atoms with van der Waals surface area (Å²) in [6.07, 6.45) is 0. The molecule has 0 radical (unpaired) electrons. The van der Waals surface area contributed by atoms with Crippen LogP contribution in [0.4, 0.5) is 10.5 Å². The fourth-order valence-electron chi connectivity index (χ4n) is 2.22. The van der Waals surface area contributed by atoms with E-state index in [0.29, 0.717) is 41.9 Å². The molecule has 26 heavy (non-hydrogen) atoms. The number of urea groups is 1. The molecule has 0 fully saturated rings. The first-order chi connectivity index (χ1) is 12.7. The fourth-order valence-corrected chi connectivity index (χ4v) is 2.22. The van der Waals surface area contributed by atoms with Crippen molar-refractivity contribution < 1.29 is 23.7 Å². The Balaban J connectivity index is 1.90. The predicted octanol–water partition coefficient (Wildman–Crippen LogP) is 3.65. The normalized spacial score (nSPS) is 9.96. The molecule has 0 aliphatic heterocycles. The third-order valence-electron chi connectivity index (χ3n) is 3.33. The summed E-state index contributed by atoms with van der Waals surface area (Å²) in [5, 5.41) is 5.35. The van der Waals surface area contributed by atoms with Gasteiger partial charge >= 0.3 is 6.03 Å². The number of nitrogens with one attached hydrogen (secondary N) is 2. The third kappa shape index (κ3) is 5.47. The molecule has 7 heteroatoms. The van der Waals surface area contributed by atoms with Crippen molar-refractivity contribution in [2.75, 3.05) is 32.4 Å². The zero-order chi connectivity index (χ0) is 18.8. The van der Waals surface area contributed by atoms with Gasteiger partial charge in [0.2, 0.25) is 0 Å². The van der Waals surface area contributed by atoms with Gasteiger partial charge in [-0.2, -0.15) is 0 Å². The van der Waals surface area contributed by atoms with Crippen LogP contribution in [0.15, 0.2) is 42.5 Å². The van der Waals surface area contributed by atoms with E-state index in [1.165, 1.54) is 0 Å². The Morgan fingerprint density at radius 3 is 2.23 bits per heavy atom. The molecule has 2 rings (SSSR count). The molecule has 0 unspecified atom stereocenters. The number of hydrogen-bond acceptors (Lipinski definition) is 5. The summed E-state index contributed by atoms with van der Waals surface area (Å²) in [6.45, 7) is 4.83. The summed E-state index contributed by atoms with van der Waals surface area (Å²) in [4.78, 5) is 12.0. The van der Waals surface area contributed by atoms with Gasteiger partial charge in [-0.05, 0) is 38.1 Å². The summed E-state index contributed by atoms with van der Waals surface area (Å²) < 4.78 is 21.7. The number of benzene rings is 2. The van der Waals surface area contributed by atoms with E-state index in [4.69, 9.17) is 18.9 Å². The van der Waals surface area contributed by atoms with Crippen molar-refractivity contribution in [2.24, 2.45) is 0 Å². The lowest BCUT2D eigenvalue weighted by molar-refractivity contribution is 0.231. The van der Waals surface area contributed by atoms with Gasteiger partial charge in [-0.15, -0.1) is 0 Å². The number of methoxy groups -OCH3 is 1. The number of anilines is 1. The Labute approximate surface area is 153 Å². The smallest absolute Gasteiger partial charge is 0.321 e. The lowest BCUT2D eigenvalue weighted by Crippen LogP contribution is -2.32. The second-order valence-corrected chi connectivity index (χ2v) is 5.10. The molecule has 2 aromatic carbocycles. The van der Waals surface area contributed by atoms with Gasteiger partial charge in [0.25, 0.3) is 0 Å². The number of para-hydroxylation sites is 2. The topological polar surface area (TPSA) is 78.1 Å². The van der Waals surface area contributed by atoms with Gasteiger partial charge in [0.1, 0.15) is 0 Å². The van der Waals surface area contributed by atoms with Crippen LogP contribution in [0.5, 0.6) is 23.0 Å². The van der Waals surface area contributed by atoms with Crippen molar-refractivity contribution in [3.05, 3.63) is 42.5 Å². The number of amides is 2. The minimum Gasteiger partial charge on any atom is -0.493 e. The summed E-state index contributed by atoms with van der Waals surface area (Å²) in [6, 6.07) is 12.0. The molecule has 0 aliphatic carbocycles. The van der Waals surface area contributed by atoms with E-state index in [2.05, 4.69) is 10.6 Å². The quantitative estimate of drug-likeness (QED) is 0.668. The Morgan fingerprint density at radius 2 is 1.54 bits per heavy atom. The lowest BCUT2D eigenvalue weighted by atomic mass is 10.2. The molecular weight excluding hydrogens is 336 g/mol. The van der Waals surface area contributed by atoms with Gasteiger partial charge < -0.3 is 29.6 Å². The molecule has 2 N–H and O–H groups in total. The van der Waals surface area contributed by atoms with Gasteiger partial charge in [0, 0.05) is 11.8 Å². The molecule has 140 valence electrons. The van der Waals surface area contributed by atoms with E-state index < -0.39 is 6.03 Å². The molecule has 0 saturated heterocycles. The molecule has 7 nitrogen and oxygen atoms in total. The molecule has 0 spiro atoms. The van der Waals surface area contributed by atoms with Crippen molar-refractivity contribution >= 4 is 11.7 Å². The first kappa shape index (κ1) is 19.2. The maximum absolute atomic E-state index is 12.0. The second-order valence-electron chi connectivity index (χ2n) is 5.10. The van der Waals surface area contributed by atoms with E-state index in [1.807, 2.05) is 26.0 Å². The standard InChI is InChI=1S/C19H24N2O5/c1-4-24-17-11-10-14(12-18(17)25-5-2)21-19(22)20-13-26-16-9-7-6-8-15(16)23-3/h6-12H,4-5,13H2,1-3H3,(H2,20,21,22). The summed E-state index contributed by atoms with van der Waals surface area (Å²) in [7, 11) is 1.56. The van der Waals surface area contributed by atoms with Gasteiger partial charge in [-0.25, -0.2) is 4.79 Å². The van der Waals surface area contributed by atoms with Crippen LogP contribution in [-0.2, 0) is 0 Å². The number of ether oxygens (including phenoxy) is 4. The Bertz CT molecular complexity index is 721. The van der Waals surface area contributed by atoms with Gasteiger partial charge in [0.15, 0.2) is 29.7 Å².